The summed E-state index contributed by atoms with van der Waals surface area (Å²) in [6, 6.07) is 15.5. The minimum Gasteiger partial charge on any atom is -0.398 e. The highest BCUT2D eigenvalue weighted by Crippen LogP contribution is 2.49. The van der Waals surface area contributed by atoms with Gasteiger partial charge in [0.15, 0.2) is 0 Å². The number of likely N-dealkylation sites (tertiary alicyclic amines) is 1. The number of rotatable bonds is 2. The summed E-state index contributed by atoms with van der Waals surface area (Å²) in [6.07, 6.45) is 1.24. The number of piperidine rings is 1. The van der Waals surface area contributed by atoms with E-state index in [1.165, 1.54) is 29.1 Å². The van der Waals surface area contributed by atoms with Crippen LogP contribution in [0.15, 0.2) is 52.3 Å². The van der Waals surface area contributed by atoms with Crippen molar-refractivity contribution in [1.29, 1.82) is 0 Å². The maximum Gasteiger partial charge on any atom is 0.0544 e. The summed E-state index contributed by atoms with van der Waals surface area (Å²) < 4.78 is 0. The van der Waals surface area contributed by atoms with Crippen molar-refractivity contribution in [2.24, 2.45) is 0 Å². The average molecular weight is 325 g/mol. The van der Waals surface area contributed by atoms with E-state index < -0.39 is 0 Å². The van der Waals surface area contributed by atoms with E-state index in [1.807, 2.05) is 12.1 Å². The van der Waals surface area contributed by atoms with Crippen LogP contribution < -0.4 is 10.6 Å². The van der Waals surface area contributed by atoms with Gasteiger partial charge in [0.2, 0.25) is 0 Å². The number of para-hydroxylation sites is 2. The highest BCUT2D eigenvalue weighted by Gasteiger charge is 2.40. The Morgan fingerprint density at radius 1 is 1.04 bits per heavy atom. The molecule has 2 aromatic rings. The van der Waals surface area contributed by atoms with Crippen LogP contribution in [-0.2, 0) is 0 Å². The van der Waals surface area contributed by atoms with E-state index >= 15 is 0 Å². The van der Waals surface area contributed by atoms with Crippen molar-refractivity contribution in [3.8, 4) is 0 Å². The van der Waals surface area contributed by atoms with Crippen LogP contribution in [0.25, 0.3) is 0 Å². The number of nitrogens with two attached hydrogens (primary N) is 1. The van der Waals surface area contributed by atoms with Crippen LogP contribution in [0, 0.1) is 0 Å². The molecule has 0 bridgehead atoms. The minimum absolute atomic E-state index is 0.627. The fraction of sp³-hybridized carbons (Fsp3) is 0.368. The van der Waals surface area contributed by atoms with Gasteiger partial charge < -0.3 is 15.5 Å². The molecule has 2 aromatic carbocycles. The van der Waals surface area contributed by atoms with Gasteiger partial charge in [0, 0.05) is 41.0 Å². The van der Waals surface area contributed by atoms with Crippen LogP contribution in [-0.4, -0.2) is 38.1 Å². The van der Waals surface area contributed by atoms with Gasteiger partial charge in [-0.2, -0.15) is 0 Å². The van der Waals surface area contributed by atoms with Crippen LogP contribution in [0.5, 0.6) is 0 Å². The molecule has 0 radical (unpaired) electrons. The minimum atomic E-state index is 0.627. The molecule has 2 atom stereocenters. The molecule has 3 nitrogen and oxygen atoms in total. The van der Waals surface area contributed by atoms with Crippen molar-refractivity contribution in [1.82, 2.24) is 4.90 Å². The molecule has 0 aliphatic carbocycles. The topological polar surface area (TPSA) is 32.5 Å². The van der Waals surface area contributed by atoms with E-state index in [0.717, 1.165) is 17.1 Å². The van der Waals surface area contributed by atoms with Gasteiger partial charge in [-0.05, 0) is 43.8 Å². The molecular weight excluding hydrogens is 302 g/mol. The highest BCUT2D eigenvalue weighted by atomic mass is 32.2. The number of likely N-dealkylation sites (N-methyl/N-ethyl adjacent to an activating group) is 2. The molecule has 1 fully saturated rings. The quantitative estimate of drug-likeness (QED) is 0.854. The fourth-order valence-electron chi connectivity index (χ4n) is 4.03. The standard InChI is InChI=1S/C19H23N3S/c1-21-11-10-16-14(12-21)13-6-5-9-18(19(13)22(16)2)23-17-8-4-3-7-15(17)20/h3-9,14,16H,10-12,20H2,1-2H3/t14-,16+/m1/s1. The molecule has 2 aliphatic heterocycles. The summed E-state index contributed by atoms with van der Waals surface area (Å²) in [6.45, 7) is 2.34. The first-order valence-electron chi connectivity index (χ1n) is 8.22. The van der Waals surface area contributed by atoms with Crippen LogP contribution in [0.1, 0.15) is 17.9 Å². The Kier molecular flexibility index (Phi) is 3.74. The zero-order chi connectivity index (χ0) is 16.0. The Labute approximate surface area is 142 Å². The van der Waals surface area contributed by atoms with Gasteiger partial charge in [-0.15, -0.1) is 0 Å². The summed E-state index contributed by atoms with van der Waals surface area (Å²) in [4.78, 5) is 7.43. The van der Waals surface area contributed by atoms with Crippen LogP contribution in [0.3, 0.4) is 0 Å². The molecule has 2 N–H and O–H groups in total. The second-order valence-electron chi connectivity index (χ2n) is 6.67. The van der Waals surface area contributed by atoms with E-state index in [-0.39, 0.29) is 0 Å². The van der Waals surface area contributed by atoms with Crippen molar-refractivity contribution in [3.05, 3.63) is 48.0 Å². The summed E-state index contributed by atoms with van der Waals surface area (Å²) >= 11 is 1.79. The molecule has 23 heavy (non-hydrogen) atoms. The van der Waals surface area contributed by atoms with E-state index in [0.29, 0.717) is 12.0 Å². The number of nitrogens with zero attached hydrogens (tertiary/aromatic N) is 2. The summed E-state index contributed by atoms with van der Waals surface area (Å²) in [5.74, 6) is 0.627. The molecule has 120 valence electrons. The lowest BCUT2D eigenvalue weighted by atomic mass is 9.89. The number of anilines is 2. The fourth-order valence-corrected chi connectivity index (χ4v) is 5.10. The van der Waals surface area contributed by atoms with Crippen molar-refractivity contribution in [3.63, 3.8) is 0 Å². The molecule has 4 rings (SSSR count). The molecule has 0 aromatic heterocycles. The van der Waals surface area contributed by atoms with E-state index in [4.69, 9.17) is 5.73 Å². The van der Waals surface area contributed by atoms with Crippen molar-refractivity contribution < 1.29 is 0 Å². The SMILES string of the molecule is CN1CC[C@H]2[C@H](C1)c1cccc(Sc3ccccc3N)c1N2C. The zero-order valence-electron chi connectivity index (χ0n) is 13.7. The first kappa shape index (κ1) is 14.9. The monoisotopic (exact) mass is 325 g/mol. The zero-order valence-corrected chi connectivity index (χ0v) is 14.5. The predicted molar refractivity (Wildman–Crippen MR) is 98.5 cm³/mol. The highest BCUT2D eigenvalue weighted by molar-refractivity contribution is 7.99. The predicted octanol–water partition coefficient (Wildman–Crippen LogP) is 3.66. The summed E-state index contributed by atoms with van der Waals surface area (Å²) in [7, 11) is 4.49. The Bertz CT molecular complexity index is 730. The largest absolute Gasteiger partial charge is 0.398 e. The van der Waals surface area contributed by atoms with Gasteiger partial charge in [-0.3, -0.25) is 0 Å². The van der Waals surface area contributed by atoms with Crippen molar-refractivity contribution in [2.75, 3.05) is 37.8 Å². The third-order valence-corrected chi connectivity index (χ3v) is 6.34. The molecule has 1 saturated heterocycles. The number of hydrogen-bond acceptors (Lipinski definition) is 4. The number of nitrogen functional groups attached to an aromatic ring is 1. The van der Waals surface area contributed by atoms with Crippen molar-refractivity contribution >= 4 is 23.1 Å². The lowest BCUT2D eigenvalue weighted by Gasteiger charge is -2.35. The Hall–Kier alpha value is -1.65. The van der Waals surface area contributed by atoms with Gasteiger partial charge in [0.05, 0.1) is 5.69 Å². The number of benzene rings is 2. The molecular formula is C19H23N3S. The lowest BCUT2D eigenvalue weighted by Crippen LogP contribution is -2.43. The van der Waals surface area contributed by atoms with Crippen molar-refractivity contribution in [2.45, 2.75) is 28.2 Å². The van der Waals surface area contributed by atoms with Crippen LogP contribution in [0.2, 0.25) is 0 Å². The Morgan fingerprint density at radius 2 is 1.83 bits per heavy atom. The molecule has 0 spiro atoms. The molecule has 4 heteroatoms. The maximum absolute atomic E-state index is 6.14. The van der Waals surface area contributed by atoms with E-state index in [9.17, 15) is 0 Å². The second kappa shape index (κ2) is 5.77. The molecule has 0 saturated carbocycles. The second-order valence-corrected chi connectivity index (χ2v) is 7.75. The normalized spacial score (nSPS) is 23.7. The Morgan fingerprint density at radius 3 is 2.65 bits per heavy atom. The van der Waals surface area contributed by atoms with Gasteiger partial charge in [0.1, 0.15) is 0 Å². The third kappa shape index (κ3) is 2.50. The van der Waals surface area contributed by atoms with Gasteiger partial charge in [-0.25, -0.2) is 0 Å². The van der Waals surface area contributed by atoms with Gasteiger partial charge in [-0.1, -0.05) is 36.0 Å². The van der Waals surface area contributed by atoms with Gasteiger partial charge in [0.25, 0.3) is 0 Å². The molecule has 0 amide bonds. The summed E-state index contributed by atoms with van der Waals surface area (Å²) in [5.41, 5.74) is 9.91. The molecule has 0 unspecified atom stereocenters. The number of fused-ring (bicyclic) bond motifs is 3. The Balaban J connectivity index is 1.73. The lowest BCUT2D eigenvalue weighted by molar-refractivity contribution is 0.234. The van der Waals surface area contributed by atoms with Crippen LogP contribution >= 0.6 is 11.8 Å². The third-order valence-electron chi connectivity index (χ3n) is 5.20. The maximum atomic E-state index is 6.14. The average Bonchev–Trinajstić information content (AvgIpc) is 2.83. The molecule has 2 heterocycles. The molecule has 2 aliphatic rings. The van der Waals surface area contributed by atoms with Gasteiger partial charge >= 0.3 is 0 Å². The summed E-state index contributed by atoms with van der Waals surface area (Å²) in [5, 5.41) is 0. The number of hydrogen-bond donors (Lipinski definition) is 1. The van der Waals surface area contributed by atoms with E-state index in [1.54, 1.807) is 11.8 Å². The van der Waals surface area contributed by atoms with Crippen LogP contribution in [0.4, 0.5) is 11.4 Å². The first-order chi connectivity index (χ1) is 11.1. The first-order valence-corrected chi connectivity index (χ1v) is 9.03. The smallest absolute Gasteiger partial charge is 0.0544 e. The van der Waals surface area contributed by atoms with E-state index in [2.05, 4.69) is 54.2 Å².